The lowest BCUT2D eigenvalue weighted by molar-refractivity contribution is -0.116. The van der Waals surface area contributed by atoms with Gasteiger partial charge in [0.15, 0.2) is 5.50 Å². The van der Waals surface area contributed by atoms with E-state index in [0.29, 0.717) is 16.2 Å². The molecule has 2 N–H and O–H groups in total. The van der Waals surface area contributed by atoms with E-state index in [1.165, 1.54) is 23.4 Å². The fourth-order valence-corrected chi connectivity index (χ4v) is 4.17. The third-order valence-corrected chi connectivity index (χ3v) is 5.97. The van der Waals surface area contributed by atoms with Crippen molar-refractivity contribution in [3.05, 3.63) is 100 Å². The van der Waals surface area contributed by atoms with Crippen molar-refractivity contribution >= 4 is 29.4 Å². The molecule has 0 unspecified atom stereocenters. The molecule has 1 amide bonds. The highest BCUT2D eigenvalue weighted by molar-refractivity contribution is 8.05. The summed E-state index contributed by atoms with van der Waals surface area (Å²) < 4.78 is 19.7. The normalized spacial score (nSPS) is 16.9. The molecule has 0 aliphatic carbocycles. The van der Waals surface area contributed by atoms with E-state index in [1.54, 1.807) is 24.3 Å². The highest BCUT2D eigenvalue weighted by Gasteiger charge is 2.27. The van der Waals surface area contributed by atoms with Gasteiger partial charge in [-0.15, -0.1) is 0 Å². The molecule has 31 heavy (non-hydrogen) atoms. The molecule has 158 valence electrons. The van der Waals surface area contributed by atoms with Crippen molar-refractivity contribution < 1.29 is 13.9 Å². The Hall–Kier alpha value is -3.25. The van der Waals surface area contributed by atoms with Crippen LogP contribution in [0.5, 0.6) is 5.75 Å². The summed E-state index contributed by atoms with van der Waals surface area (Å²) in [5.74, 6) is 0.153. The first-order valence-corrected chi connectivity index (χ1v) is 11.0. The first-order valence-electron chi connectivity index (χ1n) is 10.1. The van der Waals surface area contributed by atoms with Crippen molar-refractivity contribution in [2.75, 3.05) is 5.32 Å². The number of rotatable bonds is 7. The van der Waals surface area contributed by atoms with Crippen molar-refractivity contribution in [3.8, 4) is 5.75 Å². The molecule has 3 aromatic carbocycles. The van der Waals surface area contributed by atoms with Gasteiger partial charge in [0.25, 0.3) is 5.91 Å². The molecule has 6 heteroatoms. The number of hydrogen-bond donors (Lipinski definition) is 2. The lowest BCUT2D eigenvalue weighted by Crippen LogP contribution is -2.30. The fraction of sp³-hybridized carbons (Fsp3) is 0.160. The van der Waals surface area contributed by atoms with Gasteiger partial charge in [-0.1, -0.05) is 67.2 Å². The topological polar surface area (TPSA) is 50.4 Å². The van der Waals surface area contributed by atoms with E-state index in [-0.39, 0.29) is 23.8 Å². The van der Waals surface area contributed by atoms with Crippen molar-refractivity contribution in [3.63, 3.8) is 0 Å². The van der Waals surface area contributed by atoms with E-state index in [4.69, 9.17) is 4.74 Å². The molecule has 0 aromatic heterocycles. The second kappa shape index (κ2) is 9.71. The second-order valence-electron chi connectivity index (χ2n) is 7.09. The fourth-order valence-electron chi connectivity index (χ4n) is 3.20. The van der Waals surface area contributed by atoms with E-state index >= 15 is 0 Å². The first kappa shape index (κ1) is 21.0. The number of carbonyl (C=O) groups excluding carboxylic acids is 1. The molecule has 1 fully saturated rings. The first-order chi connectivity index (χ1) is 15.1. The lowest BCUT2D eigenvalue weighted by Gasteiger charge is -2.13. The zero-order valence-corrected chi connectivity index (χ0v) is 17.9. The summed E-state index contributed by atoms with van der Waals surface area (Å²) in [4.78, 5) is 13.1. The standard InChI is InChI=1S/C25H23FN2O2S/c1-2-17-11-13-20(14-12-17)27-25-28-24(29)23(31-25)15-18-7-4-6-10-22(18)30-16-19-8-3-5-9-21(19)26/h3-15,25,27H,2,16H2,1H3,(H,28,29)/b23-15-/t25-/m0/s1. The molecular weight excluding hydrogens is 411 g/mol. The molecule has 0 radical (unpaired) electrons. The van der Waals surface area contributed by atoms with Crippen LogP contribution in [0.25, 0.3) is 6.08 Å². The molecule has 1 atom stereocenters. The third-order valence-electron chi connectivity index (χ3n) is 4.94. The summed E-state index contributed by atoms with van der Waals surface area (Å²) in [6, 6.07) is 22.1. The smallest absolute Gasteiger partial charge is 0.260 e. The van der Waals surface area contributed by atoms with Crippen molar-refractivity contribution in [1.82, 2.24) is 5.32 Å². The van der Waals surface area contributed by atoms with Crippen LogP contribution >= 0.6 is 11.8 Å². The number of aryl methyl sites for hydroxylation is 1. The summed E-state index contributed by atoms with van der Waals surface area (Å²) in [5.41, 5.74) is 3.21. The van der Waals surface area contributed by atoms with Gasteiger partial charge in [-0.05, 0) is 42.3 Å². The molecule has 1 saturated heterocycles. The number of hydrogen-bond acceptors (Lipinski definition) is 4. The predicted molar refractivity (Wildman–Crippen MR) is 124 cm³/mol. The molecule has 1 aliphatic heterocycles. The van der Waals surface area contributed by atoms with Gasteiger partial charge in [-0.2, -0.15) is 0 Å². The summed E-state index contributed by atoms with van der Waals surface area (Å²) in [6.07, 6.45) is 2.79. The summed E-state index contributed by atoms with van der Waals surface area (Å²) >= 11 is 1.42. The number of ether oxygens (including phenoxy) is 1. The Balaban J connectivity index is 1.45. The molecular formula is C25H23FN2O2S. The van der Waals surface area contributed by atoms with Crippen LogP contribution < -0.4 is 15.4 Å². The third kappa shape index (κ3) is 5.27. The Kier molecular flexibility index (Phi) is 6.57. The van der Waals surface area contributed by atoms with Crippen LogP contribution in [-0.4, -0.2) is 11.4 Å². The largest absolute Gasteiger partial charge is 0.488 e. The number of para-hydroxylation sites is 1. The Morgan fingerprint density at radius 1 is 1.06 bits per heavy atom. The summed E-state index contributed by atoms with van der Waals surface area (Å²) in [5, 5.41) is 6.26. The predicted octanol–water partition coefficient (Wildman–Crippen LogP) is 5.57. The van der Waals surface area contributed by atoms with Gasteiger partial charge in [-0.25, -0.2) is 4.39 Å². The van der Waals surface area contributed by atoms with Crippen LogP contribution in [0.3, 0.4) is 0 Å². The van der Waals surface area contributed by atoms with E-state index in [2.05, 4.69) is 29.7 Å². The highest BCUT2D eigenvalue weighted by atomic mass is 32.2. The minimum atomic E-state index is -0.301. The number of halogens is 1. The van der Waals surface area contributed by atoms with Gasteiger partial charge in [0.05, 0.1) is 4.91 Å². The van der Waals surface area contributed by atoms with Gasteiger partial charge in [0, 0.05) is 16.8 Å². The summed E-state index contributed by atoms with van der Waals surface area (Å²) in [7, 11) is 0. The van der Waals surface area contributed by atoms with Crippen molar-refractivity contribution in [2.24, 2.45) is 0 Å². The van der Waals surface area contributed by atoms with Crippen LogP contribution in [0.2, 0.25) is 0 Å². The number of thioether (sulfide) groups is 1. The molecule has 0 bridgehead atoms. The molecule has 4 nitrogen and oxygen atoms in total. The van der Waals surface area contributed by atoms with Gasteiger partial charge in [-0.3, -0.25) is 4.79 Å². The highest BCUT2D eigenvalue weighted by Crippen LogP contribution is 2.32. The maximum atomic E-state index is 13.9. The SMILES string of the molecule is CCc1ccc(N[C@H]2NC(=O)/C(=C/c3ccccc3OCc3ccccc3F)S2)cc1. The average molecular weight is 435 g/mol. The zero-order chi connectivity index (χ0) is 21.6. The monoisotopic (exact) mass is 434 g/mol. The Bertz CT molecular complexity index is 1100. The molecule has 4 rings (SSSR count). The molecule has 0 spiro atoms. The molecule has 0 saturated carbocycles. The van der Waals surface area contributed by atoms with Crippen LogP contribution in [-0.2, 0) is 17.8 Å². The van der Waals surface area contributed by atoms with Gasteiger partial charge < -0.3 is 15.4 Å². The maximum Gasteiger partial charge on any atom is 0.260 e. The van der Waals surface area contributed by atoms with E-state index in [0.717, 1.165) is 17.7 Å². The molecule has 3 aromatic rings. The minimum absolute atomic E-state index is 0.115. The number of amides is 1. The van der Waals surface area contributed by atoms with Gasteiger partial charge in [0.2, 0.25) is 0 Å². The summed E-state index contributed by atoms with van der Waals surface area (Å²) in [6.45, 7) is 2.23. The van der Waals surface area contributed by atoms with Crippen molar-refractivity contribution in [2.45, 2.75) is 25.4 Å². The van der Waals surface area contributed by atoms with E-state index < -0.39 is 0 Å². The van der Waals surface area contributed by atoms with Crippen LogP contribution in [0.1, 0.15) is 23.6 Å². The Morgan fingerprint density at radius 3 is 2.58 bits per heavy atom. The molecule has 1 heterocycles. The quantitative estimate of drug-likeness (QED) is 0.478. The van der Waals surface area contributed by atoms with Crippen LogP contribution in [0.4, 0.5) is 10.1 Å². The van der Waals surface area contributed by atoms with Crippen LogP contribution in [0.15, 0.2) is 77.7 Å². The average Bonchev–Trinajstić information content (AvgIpc) is 3.13. The maximum absolute atomic E-state index is 13.9. The number of benzene rings is 3. The van der Waals surface area contributed by atoms with Gasteiger partial charge in [0.1, 0.15) is 18.2 Å². The second-order valence-corrected chi connectivity index (χ2v) is 8.24. The number of anilines is 1. The minimum Gasteiger partial charge on any atom is -0.488 e. The van der Waals surface area contributed by atoms with E-state index in [1.807, 2.05) is 36.4 Å². The van der Waals surface area contributed by atoms with Crippen molar-refractivity contribution in [1.29, 1.82) is 0 Å². The van der Waals surface area contributed by atoms with Gasteiger partial charge >= 0.3 is 0 Å². The Labute approximate surface area is 185 Å². The van der Waals surface area contributed by atoms with Crippen LogP contribution in [0, 0.1) is 5.82 Å². The Morgan fingerprint density at radius 2 is 1.81 bits per heavy atom. The molecule has 1 aliphatic rings. The number of carbonyl (C=O) groups is 1. The van der Waals surface area contributed by atoms with E-state index in [9.17, 15) is 9.18 Å². The lowest BCUT2D eigenvalue weighted by atomic mass is 10.1. The number of nitrogens with one attached hydrogen (secondary N) is 2. The zero-order valence-electron chi connectivity index (χ0n) is 17.1.